The third-order valence-corrected chi connectivity index (χ3v) is 6.39. The molecule has 0 aromatic rings. The van der Waals surface area contributed by atoms with Gasteiger partial charge in [0, 0.05) is 13.0 Å². The summed E-state index contributed by atoms with van der Waals surface area (Å²) in [5, 5.41) is 0. The molecule has 1 unspecified atom stereocenters. The fourth-order valence-corrected chi connectivity index (χ4v) is 4.20. The maximum absolute atomic E-state index is 11.8. The van der Waals surface area contributed by atoms with Crippen molar-refractivity contribution in [1.29, 1.82) is 0 Å². The predicted molar refractivity (Wildman–Crippen MR) is 143 cm³/mol. The summed E-state index contributed by atoms with van der Waals surface area (Å²) in [7, 11) is 0. The highest BCUT2D eigenvalue weighted by Crippen LogP contribution is 2.14. The van der Waals surface area contributed by atoms with Crippen molar-refractivity contribution in [1.82, 2.24) is 0 Å². The monoisotopic (exact) mass is 516 g/mol. The fraction of sp³-hybridized carbons (Fsp3) is 0.966. The molecule has 0 radical (unpaired) electrons. The quantitative estimate of drug-likeness (QED) is 0.0899. The van der Waals surface area contributed by atoms with Crippen LogP contribution in [0.4, 0.5) is 0 Å². The largest absolute Gasteiger partial charge is 0.463 e. The maximum Gasteiger partial charge on any atom is 0.305 e. The summed E-state index contributed by atoms with van der Waals surface area (Å²) in [6.45, 7) is 6.92. The number of carbonyl (C=O) groups is 1. The van der Waals surface area contributed by atoms with Gasteiger partial charge in [0.1, 0.15) is 6.61 Å². The van der Waals surface area contributed by atoms with Gasteiger partial charge in [-0.15, -0.1) is 0 Å². The number of unbranched alkanes of at least 4 members (excludes halogenated alkanes) is 12. The molecule has 1 aliphatic rings. The lowest BCUT2D eigenvalue weighted by Crippen LogP contribution is -2.24. The number of hydrogen-bond acceptors (Lipinski definition) is 7. The molecule has 0 aliphatic carbocycles. The van der Waals surface area contributed by atoms with Crippen LogP contribution >= 0.6 is 0 Å². The maximum atomic E-state index is 11.8. The van der Waals surface area contributed by atoms with E-state index in [0.717, 1.165) is 32.3 Å². The SMILES string of the molecule is CCCCCCCCCCCCCCCC(=O)OCCOCCOCCOCCOC1CCCCO1. The molecule has 1 saturated heterocycles. The van der Waals surface area contributed by atoms with E-state index in [0.29, 0.717) is 59.3 Å². The van der Waals surface area contributed by atoms with Crippen LogP contribution in [0.3, 0.4) is 0 Å². The van der Waals surface area contributed by atoms with E-state index in [1.54, 1.807) is 0 Å². The predicted octanol–water partition coefficient (Wildman–Crippen LogP) is 6.60. The molecule has 1 aliphatic heterocycles. The molecule has 0 aromatic heterocycles. The van der Waals surface area contributed by atoms with E-state index in [2.05, 4.69) is 6.92 Å². The molecule has 1 atom stereocenters. The third kappa shape index (κ3) is 23.7. The van der Waals surface area contributed by atoms with Crippen LogP contribution in [0.1, 0.15) is 116 Å². The smallest absolute Gasteiger partial charge is 0.305 e. The molecule has 214 valence electrons. The van der Waals surface area contributed by atoms with Crippen molar-refractivity contribution < 1.29 is 33.2 Å². The van der Waals surface area contributed by atoms with Crippen molar-refractivity contribution in [3.05, 3.63) is 0 Å². The normalized spacial score (nSPS) is 15.9. The van der Waals surface area contributed by atoms with Crippen LogP contribution in [0.15, 0.2) is 0 Å². The number of hydrogen-bond donors (Lipinski definition) is 0. The van der Waals surface area contributed by atoms with Crippen molar-refractivity contribution in [3.8, 4) is 0 Å². The average Bonchev–Trinajstić information content (AvgIpc) is 2.90. The molecule has 1 fully saturated rings. The van der Waals surface area contributed by atoms with Crippen molar-refractivity contribution in [2.45, 2.75) is 122 Å². The zero-order valence-corrected chi connectivity index (χ0v) is 23.3. The summed E-state index contributed by atoms with van der Waals surface area (Å²) in [5.41, 5.74) is 0. The zero-order chi connectivity index (χ0) is 25.8. The van der Waals surface area contributed by atoms with Gasteiger partial charge in [-0.05, 0) is 25.7 Å². The molecule has 0 amide bonds. The molecular formula is C29H56O7. The van der Waals surface area contributed by atoms with Gasteiger partial charge in [-0.25, -0.2) is 0 Å². The van der Waals surface area contributed by atoms with Gasteiger partial charge >= 0.3 is 5.97 Å². The minimum absolute atomic E-state index is 0.0609. The molecule has 0 bridgehead atoms. The van der Waals surface area contributed by atoms with Crippen molar-refractivity contribution >= 4 is 5.97 Å². The van der Waals surface area contributed by atoms with Gasteiger partial charge in [0.25, 0.3) is 0 Å². The number of carbonyl (C=O) groups excluding carboxylic acids is 1. The Kier molecular flexibility index (Phi) is 25.3. The summed E-state index contributed by atoms with van der Waals surface area (Å²) in [6.07, 6.45) is 20.7. The lowest BCUT2D eigenvalue weighted by Gasteiger charge is -2.22. The van der Waals surface area contributed by atoms with E-state index in [9.17, 15) is 4.79 Å². The summed E-state index contributed by atoms with van der Waals surface area (Å²) >= 11 is 0. The summed E-state index contributed by atoms with van der Waals surface area (Å²) < 4.78 is 32.7. The molecule has 0 N–H and O–H groups in total. The van der Waals surface area contributed by atoms with Crippen LogP contribution in [-0.2, 0) is 33.2 Å². The van der Waals surface area contributed by atoms with Gasteiger partial charge in [0.15, 0.2) is 6.29 Å². The second kappa shape index (κ2) is 27.3. The van der Waals surface area contributed by atoms with Crippen LogP contribution in [0.25, 0.3) is 0 Å². The molecule has 7 nitrogen and oxygen atoms in total. The van der Waals surface area contributed by atoms with Crippen LogP contribution in [0, 0.1) is 0 Å². The number of ether oxygens (including phenoxy) is 6. The Labute approximate surface area is 221 Å². The summed E-state index contributed by atoms with van der Waals surface area (Å²) in [4.78, 5) is 11.8. The second-order valence-corrected chi connectivity index (χ2v) is 9.72. The van der Waals surface area contributed by atoms with E-state index in [4.69, 9.17) is 28.4 Å². The lowest BCUT2D eigenvalue weighted by molar-refractivity contribution is -0.169. The van der Waals surface area contributed by atoms with Gasteiger partial charge in [0.2, 0.25) is 0 Å². The first-order valence-electron chi connectivity index (χ1n) is 14.9. The van der Waals surface area contributed by atoms with Gasteiger partial charge in [-0.3, -0.25) is 4.79 Å². The van der Waals surface area contributed by atoms with Gasteiger partial charge in [0.05, 0.1) is 46.2 Å². The first kappa shape index (κ1) is 33.3. The van der Waals surface area contributed by atoms with E-state index < -0.39 is 0 Å². The average molecular weight is 517 g/mol. The summed E-state index contributed by atoms with van der Waals surface area (Å²) in [5.74, 6) is -0.117. The standard InChI is InChI=1S/C29H56O7/c1-2-3-4-5-6-7-8-9-10-11-12-13-14-17-28(30)34-26-24-32-22-20-31-21-23-33-25-27-36-29-18-15-16-19-35-29/h29H,2-27H2,1H3. The van der Waals surface area contributed by atoms with E-state index in [1.807, 2.05) is 0 Å². The molecule has 0 saturated carbocycles. The Hall–Kier alpha value is -0.730. The second-order valence-electron chi connectivity index (χ2n) is 9.72. The first-order chi connectivity index (χ1) is 17.8. The minimum Gasteiger partial charge on any atom is -0.463 e. The Bertz CT molecular complexity index is 455. The number of rotatable bonds is 27. The van der Waals surface area contributed by atoms with Crippen LogP contribution < -0.4 is 0 Å². The fourth-order valence-electron chi connectivity index (χ4n) is 4.20. The Balaban J connectivity index is 1.68. The highest BCUT2D eigenvalue weighted by Gasteiger charge is 2.13. The molecule has 7 heteroatoms. The highest BCUT2D eigenvalue weighted by molar-refractivity contribution is 5.69. The third-order valence-electron chi connectivity index (χ3n) is 6.39. The van der Waals surface area contributed by atoms with E-state index in [-0.39, 0.29) is 12.3 Å². The van der Waals surface area contributed by atoms with Crippen molar-refractivity contribution in [3.63, 3.8) is 0 Å². The zero-order valence-electron chi connectivity index (χ0n) is 23.3. The lowest BCUT2D eigenvalue weighted by atomic mass is 10.0. The van der Waals surface area contributed by atoms with E-state index >= 15 is 0 Å². The summed E-state index contributed by atoms with van der Waals surface area (Å²) in [6, 6.07) is 0. The van der Waals surface area contributed by atoms with Crippen LogP contribution in [0.5, 0.6) is 0 Å². The van der Waals surface area contributed by atoms with Crippen molar-refractivity contribution in [2.24, 2.45) is 0 Å². The first-order valence-corrected chi connectivity index (χ1v) is 14.9. The molecular weight excluding hydrogens is 460 g/mol. The molecule has 0 aromatic carbocycles. The highest BCUT2D eigenvalue weighted by atomic mass is 16.7. The van der Waals surface area contributed by atoms with E-state index in [1.165, 1.54) is 77.0 Å². The van der Waals surface area contributed by atoms with Gasteiger partial charge in [-0.1, -0.05) is 84.0 Å². The minimum atomic E-state index is -0.117. The molecule has 36 heavy (non-hydrogen) atoms. The van der Waals surface area contributed by atoms with Gasteiger partial charge in [-0.2, -0.15) is 0 Å². The Morgan fingerprint density at radius 2 is 1.14 bits per heavy atom. The van der Waals surface area contributed by atoms with Crippen LogP contribution in [0.2, 0.25) is 0 Å². The Morgan fingerprint density at radius 1 is 0.639 bits per heavy atom. The van der Waals surface area contributed by atoms with Crippen LogP contribution in [-0.4, -0.2) is 71.7 Å². The Morgan fingerprint density at radius 3 is 1.67 bits per heavy atom. The molecule has 0 spiro atoms. The number of esters is 1. The molecule has 1 heterocycles. The van der Waals surface area contributed by atoms with Gasteiger partial charge < -0.3 is 28.4 Å². The van der Waals surface area contributed by atoms with Crippen molar-refractivity contribution in [2.75, 3.05) is 59.5 Å². The molecule has 1 rings (SSSR count). The topological polar surface area (TPSA) is 72.5 Å².